The van der Waals surface area contributed by atoms with Crippen LogP contribution in [0.3, 0.4) is 0 Å². The van der Waals surface area contributed by atoms with Crippen LogP contribution >= 0.6 is 38.9 Å². The molecule has 2 rings (SSSR count). The summed E-state index contributed by atoms with van der Waals surface area (Å²) in [5, 5.41) is 3.64. The van der Waals surface area contributed by atoms with Gasteiger partial charge in [-0.2, -0.15) is 0 Å². The molecule has 2 aromatic rings. The second-order valence-corrected chi connectivity index (χ2v) is 7.58. The molecule has 0 spiro atoms. The van der Waals surface area contributed by atoms with Crippen molar-refractivity contribution in [2.75, 3.05) is 6.54 Å². The number of rotatable bonds is 6. The van der Waals surface area contributed by atoms with Crippen LogP contribution in [0.25, 0.3) is 0 Å². The second kappa shape index (κ2) is 7.60. The summed E-state index contributed by atoms with van der Waals surface area (Å²) in [4.78, 5) is 1.32. The molecule has 1 N–H and O–H groups in total. The number of benzene rings is 1. The van der Waals surface area contributed by atoms with E-state index in [2.05, 4.69) is 59.4 Å². The molecule has 1 aromatic carbocycles. The fraction of sp³-hybridized carbons (Fsp3) is 0.375. The van der Waals surface area contributed by atoms with E-state index in [1.54, 1.807) is 11.3 Å². The highest BCUT2D eigenvalue weighted by Gasteiger charge is 2.13. The summed E-state index contributed by atoms with van der Waals surface area (Å²) in [6.45, 7) is 5.35. The highest BCUT2D eigenvalue weighted by atomic mass is 79.9. The van der Waals surface area contributed by atoms with Crippen LogP contribution in [0.4, 0.5) is 0 Å². The van der Waals surface area contributed by atoms with Gasteiger partial charge in [0.15, 0.2) is 0 Å². The van der Waals surface area contributed by atoms with Crippen molar-refractivity contribution in [1.29, 1.82) is 0 Å². The van der Waals surface area contributed by atoms with Crippen LogP contribution in [0.1, 0.15) is 35.4 Å². The van der Waals surface area contributed by atoms with Gasteiger partial charge in [-0.1, -0.05) is 46.6 Å². The maximum absolute atomic E-state index is 6.03. The number of thiophene rings is 1. The van der Waals surface area contributed by atoms with E-state index in [0.717, 1.165) is 28.2 Å². The predicted molar refractivity (Wildman–Crippen MR) is 92.9 cm³/mol. The van der Waals surface area contributed by atoms with Crippen LogP contribution in [0.15, 0.2) is 34.8 Å². The summed E-state index contributed by atoms with van der Waals surface area (Å²) in [7, 11) is 0. The third-order valence-electron chi connectivity index (χ3n) is 3.26. The van der Waals surface area contributed by atoms with Gasteiger partial charge in [-0.15, -0.1) is 11.3 Å². The minimum absolute atomic E-state index is 0.344. The minimum atomic E-state index is 0.344. The van der Waals surface area contributed by atoms with Gasteiger partial charge in [-0.3, -0.25) is 0 Å². The van der Waals surface area contributed by atoms with Gasteiger partial charge >= 0.3 is 0 Å². The van der Waals surface area contributed by atoms with Crippen LogP contribution in [0.5, 0.6) is 0 Å². The van der Waals surface area contributed by atoms with E-state index in [0.29, 0.717) is 6.04 Å². The maximum atomic E-state index is 6.03. The molecule has 108 valence electrons. The fourth-order valence-corrected chi connectivity index (χ4v) is 3.55. The van der Waals surface area contributed by atoms with Gasteiger partial charge in [-0.25, -0.2) is 0 Å². The summed E-state index contributed by atoms with van der Waals surface area (Å²) >= 11 is 11.3. The number of hydrogen-bond acceptors (Lipinski definition) is 2. The average Bonchev–Trinajstić information content (AvgIpc) is 2.83. The van der Waals surface area contributed by atoms with Crippen molar-refractivity contribution < 1.29 is 0 Å². The highest BCUT2D eigenvalue weighted by Crippen LogP contribution is 2.28. The monoisotopic (exact) mass is 371 g/mol. The molecular weight excluding hydrogens is 354 g/mol. The van der Waals surface area contributed by atoms with Crippen molar-refractivity contribution in [3.63, 3.8) is 0 Å². The molecule has 1 unspecified atom stereocenters. The zero-order valence-electron chi connectivity index (χ0n) is 11.7. The normalized spacial score (nSPS) is 12.6. The first-order chi connectivity index (χ1) is 9.60. The molecule has 0 amide bonds. The lowest BCUT2D eigenvalue weighted by Crippen LogP contribution is -2.23. The Balaban J connectivity index is 2.19. The third-order valence-corrected chi connectivity index (χ3v) is 5.40. The standard InChI is InChI=1S/C16H19BrClNS/c1-3-8-19-15(10-13-5-7-16(18)20-13)12-4-6-14(17)11(2)9-12/h4-7,9,15,19H,3,8,10H2,1-2H3. The Bertz CT molecular complexity index is 567. The van der Waals surface area contributed by atoms with Crippen LogP contribution < -0.4 is 5.32 Å². The Kier molecular flexibility index (Phi) is 6.09. The summed E-state index contributed by atoms with van der Waals surface area (Å²) < 4.78 is 2.02. The Labute approximate surface area is 138 Å². The Hall–Kier alpha value is -0.350. The summed E-state index contributed by atoms with van der Waals surface area (Å²) in [5.74, 6) is 0. The van der Waals surface area contributed by atoms with E-state index in [9.17, 15) is 0 Å². The summed E-state index contributed by atoms with van der Waals surface area (Å²) in [6.07, 6.45) is 2.12. The lowest BCUT2D eigenvalue weighted by Gasteiger charge is -2.19. The first kappa shape index (κ1) is 16.0. The van der Waals surface area contributed by atoms with Crippen molar-refractivity contribution >= 4 is 38.9 Å². The summed E-state index contributed by atoms with van der Waals surface area (Å²) in [6, 6.07) is 11.0. The molecule has 1 aromatic heterocycles. The van der Waals surface area contributed by atoms with Gasteiger partial charge in [0.05, 0.1) is 4.34 Å². The number of hydrogen-bond donors (Lipinski definition) is 1. The molecule has 0 aliphatic heterocycles. The van der Waals surface area contributed by atoms with E-state index in [-0.39, 0.29) is 0 Å². The zero-order valence-corrected chi connectivity index (χ0v) is 14.9. The molecule has 1 nitrogen and oxygen atoms in total. The molecule has 0 saturated carbocycles. The Morgan fingerprint density at radius 1 is 1.30 bits per heavy atom. The highest BCUT2D eigenvalue weighted by molar-refractivity contribution is 9.10. The summed E-state index contributed by atoms with van der Waals surface area (Å²) in [5.41, 5.74) is 2.61. The van der Waals surface area contributed by atoms with Gasteiger partial charge in [0.2, 0.25) is 0 Å². The van der Waals surface area contributed by atoms with E-state index in [1.807, 2.05) is 6.07 Å². The van der Waals surface area contributed by atoms with E-state index in [4.69, 9.17) is 11.6 Å². The SMILES string of the molecule is CCCNC(Cc1ccc(Cl)s1)c1ccc(Br)c(C)c1. The predicted octanol–water partition coefficient (Wildman–Crippen LogP) is 5.76. The van der Waals surface area contributed by atoms with Crippen molar-refractivity contribution in [3.05, 3.63) is 55.1 Å². The van der Waals surface area contributed by atoms with Crippen LogP contribution in [0.2, 0.25) is 4.34 Å². The molecule has 0 bridgehead atoms. The first-order valence-corrected chi connectivity index (χ1v) is 8.82. The number of nitrogens with one attached hydrogen (secondary N) is 1. The van der Waals surface area contributed by atoms with Crippen LogP contribution in [-0.2, 0) is 6.42 Å². The van der Waals surface area contributed by atoms with Gasteiger partial charge in [0.25, 0.3) is 0 Å². The molecule has 0 saturated heterocycles. The Morgan fingerprint density at radius 2 is 2.10 bits per heavy atom. The topological polar surface area (TPSA) is 12.0 Å². The van der Waals surface area contributed by atoms with E-state index < -0.39 is 0 Å². The molecule has 1 atom stereocenters. The van der Waals surface area contributed by atoms with Gasteiger partial charge in [-0.05, 0) is 49.2 Å². The quantitative estimate of drug-likeness (QED) is 0.680. The van der Waals surface area contributed by atoms with Crippen molar-refractivity contribution in [3.8, 4) is 0 Å². The third kappa shape index (κ3) is 4.32. The van der Waals surface area contributed by atoms with Gasteiger partial charge in [0, 0.05) is 21.8 Å². The van der Waals surface area contributed by atoms with Crippen LogP contribution in [0, 0.1) is 6.92 Å². The molecule has 4 heteroatoms. The second-order valence-electron chi connectivity index (χ2n) is 4.93. The molecule has 0 aliphatic carbocycles. The van der Waals surface area contributed by atoms with Crippen LogP contribution in [-0.4, -0.2) is 6.54 Å². The molecule has 20 heavy (non-hydrogen) atoms. The van der Waals surface area contributed by atoms with Gasteiger partial charge < -0.3 is 5.32 Å². The van der Waals surface area contributed by atoms with Crippen molar-refractivity contribution in [2.45, 2.75) is 32.7 Å². The average molecular weight is 373 g/mol. The molecule has 0 radical (unpaired) electrons. The first-order valence-electron chi connectivity index (χ1n) is 6.83. The van der Waals surface area contributed by atoms with Crippen molar-refractivity contribution in [1.82, 2.24) is 5.32 Å². The molecule has 1 heterocycles. The fourth-order valence-electron chi connectivity index (χ4n) is 2.17. The lowest BCUT2D eigenvalue weighted by atomic mass is 10.0. The Morgan fingerprint density at radius 3 is 2.70 bits per heavy atom. The molecular formula is C16H19BrClNS. The van der Waals surface area contributed by atoms with Crippen molar-refractivity contribution in [2.24, 2.45) is 0 Å². The zero-order chi connectivity index (χ0) is 14.5. The molecule has 0 aliphatic rings. The lowest BCUT2D eigenvalue weighted by molar-refractivity contribution is 0.532. The maximum Gasteiger partial charge on any atom is 0.0931 e. The largest absolute Gasteiger partial charge is 0.310 e. The minimum Gasteiger partial charge on any atom is -0.310 e. The number of aryl methyl sites for hydroxylation is 1. The van der Waals surface area contributed by atoms with E-state index in [1.165, 1.54) is 16.0 Å². The number of halogens is 2. The van der Waals surface area contributed by atoms with Gasteiger partial charge in [0.1, 0.15) is 0 Å². The van der Waals surface area contributed by atoms with E-state index >= 15 is 0 Å². The molecule has 0 fully saturated rings. The smallest absolute Gasteiger partial charge is 0.0931 e.